The van der Waals surface area contributed by atoms with E-state index in [0.29, 0.717) is 0 Å². The number of rotatable bonds is 5. The third kappa shape index (κ3) is 3.56. The summed E-state index contributed by atoms with van der Waals surface area (Å²) in [5, 5.41) is 0. The van der Waals surface area contributed by atoms with Crippen molar-refractivity contribution in [1.82, 2.24) is 9.80 Å². The van der Waals surface area contributed by atoms with Gasteiger partial charge in [0.05, 0.1) is 0 Å². The molecule has 14 heavy (non-hydrogen) atoms. The number of likely N-dealkylation sites (tertiary alicyclic amines) is 1. The maximum atomic E-state index is 5.59. The van der Waals surface area contributed by atoms with Crippen LogP contribution in [0.25, 0.3) is 0 Å². The average molecular weight is 199 g/mol. The summed E-state index contributed by atoms with van der Waals surface area (Å²) in [6.07, 6.45) is 4.13. The van der Waals surface area contributed by atoms with Gasteiger partial charge in [0, 0.05) is 25.7 Å². The Hall–Kier alpha value is -0.120. The molecule has 1 aliphatic rings. The van der Waals surface area contributed by atoms with Crippen LogP contribution in [-0.2, 0) is 0 Å². The minimum absolute atomic E-state index is 0.759. The fourth-order valence-electron chi connectivity index (χ4n) is 2.23. The highest BCUT2D eigenvalue weighted by molar-refractivity contribution is 4.77. The highest BCUT2D eigenvalue weighted by Crippen LogP contribution is 2.15. The van der Waals surface area contributed by atoms with Gasteiger partial charge in [0.2, 0.25) is 0 Å². The van der Waals surface area contributed by atoms with E-state index in [1.165, 1.54) is 32.4 Å². The molecule has 0 amide bonds. The minimum Gasteiger partial charge on any atom is -0.329 e. The smallest absolute Gasteiger partial charge is 0.0220 e. The molecule has 0 saturated carbocycles. The molecular weight excluding hydrogens is 174 g/mol. The van der Waals surface area contributed by atoms with Crippen LogP contribution in [0.4, 0.5) is 0 Å². The van der Waals surface area contributed by atoms with Crippen molar-refractivity contribution >= 4 is 0 Å². The lowest BCUT2D eigenvalue weighted by molar-refractivity contribution is 0.133. The van der Waals surface area contributed by atoms with Crippen molar-refractivity contribution in [3.63, 3.8) is 0 Å². The number of hydrogen-bond donors (Lipinski definition) is 1. The van der Waals surface area contributed by atoms with Crippen LogP contribution in [0.3, 0.4) is 0 Å². The van der Waals surface area contributed by atoms with Gasteiger partial charge in [-0.3, -0.25) is 0 Å². The summed E-state index contributed by atoms with van der Waals surface area (Å²) in [6.45, 7) is 7.64. The molecular formula is C11H25N3. The topological polar surface area (TPSA) is 32.5 Å². The summed E-state index contributed by atoms with van der Waals surface area (Å²) in [6, 6.07) is 0.759. The number of likely N-dealkylation sites (N-methyl/N-ethyl adjacent to an activating group) is 2. The van der Waals surface area contributed by atoms with E-state index in [1.54, 1.807) is 0 Å². The number of hydrogen-bond acceptors (Lipinski definition) is 3. The molecule has 2 N–H and O–H groups in total. The van der Waals surface area contributed by atoms with Gasteiger partial charge in [0.15, 0.2) is 0 Å². The van der Waals surface area contributed by atoms with E-state index in [-0.39, 0.29) is 0 Å². The van der Waals surface area contributed by atoms with Crippen molar-refractivity contribution in [2.24, 2.45) is 5.73 Å². The summed E-state index contributed by atoms with van der Waals surface area (Å²) < 4.78 is 0. The van der Waals surface area contributed by atoms with Crippen molar-refractivity contribution in [1.29, 1.82) is 0 Å². The van der Waals surface area contributed by atoms with Crippen LogP contribution in [0.15, 0.2) is 0 Å². The molecule has 1 atom stereocenters. The van der Waals surface area contributed by atoms with E-state index >= 15 is 0 Å². The maximum absolute atomic E-state index is 5.59. The summed E-state index contributed by atoms with van der Waals surface area (Å²) >= 11 is 0. The van der Waals surface area contributed by atoms with Crippen LogP contribution < -0.4 is 5.73 Å². The summed E-state index contributed by atoms with van der Waals surface area (Å²) in [4.78, 5) is 4.97. The maximum Gasteiger partial charge on any atom is 0.0220 e. The second-order valence-corrected chi connectivity index (χ2v) is 4.31. The van der Waals surface area contributed by atoms with Gasteiger partial charge >= 0.3 is 0 Å². The van der Waals surface area contributed by atoms with E-state index < -0.39 is 0 Å². The molecule has 3 nitrogen and oxygen atoms in total. The minimum atomic E-state index is 0.759. The molecule has 1 saturated heterocycles. The lowest BCUT2D eigenvalue weighted by atomic mass is 10.0. The second kappa shape index (κ2) is 6.38. The average Bonchev–Trinajstić information content (AvgIpc) is 2.20. The van der Waals surface area contributed by atoms with Gasteiger partial charge in [-0.1, -0.05) is 13.3 Å². The van der Waals surface area contributed by atoms with Gasteiger partial charge in [-0.25, -0.2) is 0 Å². The molecule has 0 aromatic carbocycles. The van der Waals surface area contributed by atoms with Crippen LogP contribution in [0, 0.1) is 0 Å². The largest absolute Gasteiger partial charge is 0.329 e. The molecule has 0 aromatic rings. The van der Waals surface area contributed by atoms with Crippen molar-refractivity contribution in [3.05, 3.63) is 0 Å². The van der Waals surface area contributed by atoms with Crippen LogP contribution >= 0.6 is 0 Å². The van der Waals surface area contributed by atoms with Gasteiger partial charge in [-0.05, 0) is 33.0 Å². The highest BCUT2D eigenvalue weighted by atomic mass is 15.2. The zero-order valence-corrected chi connectivity index (χ0v) is 9.71. The van der Waals surface area contributed by atoms with Crippen LogP contribution in [0.1, 0.15) is 26.2 Å². The molecule has 0 aromatic heterocycles. The first-order chi connectivity index (χ1) is 6.77. The first kappa shape index (κ1) is 12.0. The molecule has 0 aliphatic carbocycles. The molecule has 3 heteroatoms. The lowest BCUT2D eigenvalue weighted by Crippen LogP contribution is -2.45. The Kier molecular flexibility index (Phi) is 5.45. The summed E-state index contributed by atoms with van der Waals surface area (Å²) in [5.41, 5.74) is 5.59. The quantitative estimate of drug-likeness (QED) is 0.709. The Morgan fingerprint density at radius 2 is 2.21 bits per heavy atom. The summed E-state index contributed by atoms with van der Waals surface area (Å²) in [5.74, 6) is 0. The normalized spacial score (nSPS) is 24.4. The number of piperidine rings is 1. The SMILES string of the molecule is CCN(CCN)C[C@H]1CCCCN1C. The van der Waals surface area contributed by atoms with Gasteiger partial charge in [-0.2, -0.15) is 0 Å². The van der Waals surface area contributed by atoms with Crippen LogP contribution in [-0.4, -0.2) is 55.6 Å². The van der Waals surface area contributed by atoms with E-state index in [4.69, 9.17) is 5.73 Å². The van der Waals surface area contributed by atoms with Crippen molar-refractivity contribution in [3.8, 4) is 0 Å². The Morgan fingerprint density at radius 1 is 1.43 bits per heavy atom. The fourth-order valence-corrected chi connectivity index (χ4v) is 2.23. The first-order valence-electron chi connectivity index (χ1n) is 5.90. The monoisotopic (exact) mass is 199 g/mol. The number of nitrogens with two attached hydrogens (primary N) is 1. The van der Waals surface area contributed by atoms with Gasteiger partial charge in [-0.15, -0.1) is 0 Å². The van der Waals surface area contributed by atoms with E-state index in [0.717, 1.165) is 25.7 Å². The molecule has 0 spiro atoms. The summed E-state index contributed by atoms with van der Waals surface area (Å²) in [7, 11) is 2.25. The predicted octanol–water partition coefficient (Wildman–Crippen LogP) is 0.751. The third-order valence-corrected chi connectivity index (χ3v) is 3.28. The zero-order chi connectivity index (χ0) is 10.4. The molecule has 84 valence electrons. The van der Waals surface area contributed by atoms with Crippen LogP contribution in [0.5, 0.6) is 0 Å². The molecule has 0 unspecified atom stereocenters. The molecule has 1 aliphatic heterocycles. The highest BCUT2D eigenvalue weighted by Gasteiger charge is 2.20. The van der Waals surface area contributed by atoms with E-state index in [9.17, 15) is 0 Å². The molecule has 0 radical (unpaired) electrons. The van der Waals surface area contributed by atoms with Crippen molar-refractivity contribution < 1.29 is 0 Å². The Balaban J connectivity index is 2.31. The second-order valence-electron chi connectivity index (χ2n) is 4.31. The van der Waals surface area contributed by atoms with Gasteiger partial charge < -0.3 is 15.5 Å². The predicted molar refractivity (Wildman–Crippen MR) is 61.4 cm³/mol. The zero-order valence-electron chi connectivity index (χ0n) is 9.71. The fraction of sp³-hybridized carbons (Fsp3) is 1.00. The Labute approximate surface area is 88.2 Å². The van der Waals surface area contributed by atoms with Crippen molar-refractivity contribution in [2.75, 3.05) is 39.8 Å². The molecule has 1 fully saturated rings. The Morgan fingerprint density at radius 3 is 2.79 bits per heavy atom. The van der Waals surface area contributed by atoms with Gasteiger partial charge in [0.25, 0.3) is 0 Å². The van der Waals surface area contributed by atoms with Gasteiger partial charge in [0.1, 0.15) is 0 Å². The lowest BCUT2D eigenvalue weighted by Gasteiger charge is -2.36. The van der Waals surface area contributed by atoms with Crippen molar-refractivity contribution in [2.45, 2.75) is 32.2 Å². The standard InChI is InChI=1S/C11H25N3/c1-3-14(9-7-12)10-11-6-4-5-8-13(11)2/h11H,3-10,12H2,1-2H3/t11-/m1/s1. The van der Waals surface area contributed by atoms with E-state index in [2.05, 4.69) is 23.8 Å². The number of nitrogens with zero attached hydrogens (tertiary/aromatic N) is 2. The Bertz CT molecular complexity index is 149. The molecule has 0 bridgehead atoms. The third-order valence-electron chi connectivity index (χ3n) is 3.28. The molecule has 1 heterocycles. The van der Waals surface area contributed by atoms with Crippen LogP contribution in [0.2, 0.25) is 0 Å². The molecule has 1 rings (SSSR count). The first-order valence-corrected chi connectivity index (χ1v) is 5.90. The van der Waals surface area contributed by atoms with E-state index in [1.807, 2.05) is 0 Å².